The number of carbonyl (C=O) groups excluding carboxylic acids is 1. The number of nitrogens with two attached hydrogens (primary N) is 1. The monoisotopic (exact) mass is 393 g/mol. The molecule has 0 aromatic heterocycles. The number of fused-ring (bicyclic) bond motifs is 1. The molecular formula is C22H28BN3O3. The molecule has 1 amide bonds. The Morgan fingerprint density at radius 1 is 1.14 bits per heavy atom. The van der Waals surface area contributed by atoms with Crippen LogP contribution in [0.1, 0.15) is 41.0 Å². The molecule has 0 aliphatic carbocycles. The highest BCUT2D eigenvalue weighted by Gasteiger charge is 2.31. The highest BCUT2D eigenvalue weighted by molar-refractivity contribution is 6.58. The molecule has 2 aliphatic heterocycles. The van der Waals surface area contributed by atoms with Gasteiger partial charge >= 0.3 is 7.12 Å². The molecule has 2 aliphatic rings. The molecule has 2 heterocycles. The lowest BCUT2D eigenvalue weighted by molar-refractivity contribution is -0.134. The summed E-state index contributed by atoms with van der Waals surface area (Å²) in [6, 6.07) is 13.6. The fraction of sp³-hybridized carbons (Fsp3) is 0.409. The van der Waals surface area contributed by atoms with Crippen LogP contribution in [0.3, 0.4) is 0 Å². The molecule has 6 nitrogen and oxygen atoms in total. The summed E-state index contributed by atoms with van der Waals surface area (Å²) in [5.74, 6) is 0.610. The fourth-order valence-corrected chi connectivity index (χ4v) is 4.50. The second kappa shape index (κ2) is 8.67. The van der Waals surface area contributed by atoms with Gasteiger partial charge in [-0.2, -0.15) is 0 Å². The van der Waals surface area contributed by atoms with E-state index in [0.717, 1.165) is 42.6 Å². The summed E-state index contributed by atoms with van der Waals surface area (Å²) in [4.78, 5) is 15.0. The number of benzene rings is 2. The van der Waals surface area contributed by atoms with E-state index in [2.05, 4.69) is 29.6 Å². The van der Waals surface area contributed by atoms with Crippen molar-refractivity contribution < 1.29 is 14.8 Å². The summed E-state index contributed by atoms with van der Waals surface area (Å²) >= 11 is 0. The van der Waals surface area contributed by atoms with E-state index < -0.39 is 7.12 Å². The largest absolute Gasteiger partial charge is 0.488 e. The van der Waals surface area contributed by atoms with Crippen LogP contribution in [0, 0.1) is 0 Å². The van der Waals surface area contributed by atoms with E-state index in [0.29, 0.717) is 30.9 Å². The van der Waals surface area contributed by atoms with Crippen molar-refractivity contribution in [3.05, 3.63) is 64.7 Å². The summed E-state index contributed by atoms with van der Waals surface area (Å²) in [6.45, 7) is 2.69. The van der Waals surface area contributed by atoms with Crippen molar-refractivity contribution in [3.8, 4) is 0 Å². The molecule has 1 saturated heterocycles. The molecule has 1 fully saturated rings. The van der Waals surface area contributed by atoms with Crippen LogP contribution in [0.4, 0.5) is 0 Å². The molecular weight excluding hydrogens is 365 g/mol. The van der Waals surface area contributed by atoms with Crippen LogP contribution in [0.2, 0.25) is 0 Å². The summed E-state index contributed by atoms with van der Waals surface area (Å²) in [5.41, 5.74) is 10.8. The van der Waals surface area contributed by atoms with Crippen molar-refractivity contribution in [1.29, 1.82) is 0 Å². The molecule has 152 valence electrons. The normalized spacial score (nSPS) is 19.7. The van der Waals surface area contributed by atoms with E-state index in [1.54, 1.807) is 12.1 Å². The van der Waals surface area contributed by atoms with E-state index in [1.165, 1.54) is 5.56 Å². The number of nitrogens with one attached hydrogen (secondary N) is 1. The molecule has 2 aromatic rings. The minimum absolute atomic E-state index is 0.139. The summed E-state index contributed by atoms with van der Waals surface area (Å²) in [7, 11) is -1.49. The Morgan fingerprint density at radius 2 is 1.93 bits per heavy atom. The first-order valence-corrected chi connectivity index (χ1v) is 10.3. The van der Waals surface area contributed by atoms with Crippen LogP contribution >= 0.6 is 0 Å². The Balaban J connectivity index is 1.38. The zero-order valence-electron chi connectivity index (χ0n) is 16.6. The second-order valence-electron chi connectivity index (χ2n) is 8.09. The Morgan fingerprint density at radius 3 is 2.66 bits per heavy atom. The van der Waals surface area contributed by atoms with Gasteiger partial charge in [-0.05, 0) is 52.9 Å². The van der Waals surface area contributed by atoms with Gasteiger partial charge in [-0.25, -0.2) is 0 Å². The fourth-order valence-electron chi connectivity index (χ4n) is 4.50. The van der Waals surface area contributed by atoms with Crippen LogP contribution in [0.25, 0.3) is 0 Å². The summed E-state index contributed by atoms with van der Waals surface area (Å²) in [6.07, 6.45) is 2.50. The van der Waals surface area contributed by atoms with Gasteiger partial charge in [0.05, 0.1) is 6.04 Å². The third-order valence-electron chi connectivity index (χ3n) is 6.25. The van der Waals surface area contributed by atoms with Crippen molar-refractivity contribution in [2.45, 2.75) is 44.3 Å². The molecule has 1 unspecified atom stereocenters. The maximum Gasteiger partial charge on any atom is 0.488 e. The molecule has 29 heavy (non-hydrogen) atoms. The first-order chi connectivity index (χ1) is 14.0. The number of nitrogens with zero attached hydrogens (tertiary/aromatic N) is 1. The Bertz CT molecular complexity index is 881. The third kappa shape index (κ3) is 4.38. The van der Waals surface area contributed by atoms with Crippen molar-refractivity contribution in [2.75, 3.05) is 13.1 Å². The minimum atomic E-state index is -1.49. The average molecular weight is 393 g/mol. The van der Waals surface area contributed by atoms with Crippen LogP contribution in [0.5, 0.6) is 0 Å². The first kappa shape index (κ1) is 20.1. The van der Waals surface area contributed by atoms with E-state index >= 15 is 0 Å². The number of hydrogen-bond donors (Lipinski definition) is 4. The van der Waals surface area contributed by atoms with Gasteiger partial charge in [-0.1, -0.05) is 42.5 Å². The predicted octanol–water partition coefficient (Wildman–Crippen LogP) is 0.246. The lowest BCUT2D eigenvalue weighted by atomic mass is 9.77. The number of carbonyl (C=O) groups is 1. The van der Waals surface area contributed by atoms with Gasteiger partial charge in [-0.3, -0.25) is 4.79 Å². The van der Waals surface area contributed by atoms with Crippen LogP contribution in [-0.4, -0.2) is 47.1 Å². The standard InChI is InChI=1S/C22H28BN3O3/c24-13-15-2-1-3-17(10-15)16-6-8-26(9-7-16)22(27)21-12-19-11-20(23(28)29)5-4-18(19)14-25-21/h1-5,10-11,16,21,25,28-29H,6-9,12-14,24H2. The van der Waals surface area contributed by atoms with Crippen molar-refractivity contribution in [2.24, 2.45) is 5.73 Å². The van der Waals surface area contributed by atoms with E-state index in [4.69, 9.17) is 5.73 Å². The first-order valence-electron chi connectivity index (χ1n) is 10.3. The number of likely N-dealkylation sites (tertiary alicyclic amines) is 1. The number of rotatable bonds is 4. The topological polar surface area (TPSA) is 98.8 Å². The van der Waals surface area contributed by atoms with Crippen LogP contribution in [0.15, 0.2) is 42.5 Å². The van der Waals surface area contributed by atoms with Gasteiger partial charge in [0.15, 0.2) is 0 Å². The van der Waals surface area contributed by atoms with Crippen molar-refractivity contribution in [1.82, 2.24) is 10.2 Å². The SMILES string of the molecule is NCc1cccc(C2CCN(C(=O)C3Cc4cc(B(O)O)ccc4CN3)CC2)c1. The lowest BCUT2D eigenvalue weighted by Crippen LogP contribution is -2.51. The quantitative estimate of drug-likeness (QED) is 0.558. The Labute approximate surface area is 171 Å². The van der Waals surface area contributed by atoms with Crippen LogP contribution < -0.4 is 16.5 Å². The second-order valence-corrected chi connectivity index (χ2v) is 8.09. The van der Waals surface area contributed by atoms with Gasteiger partial charge < -0.3 is 26.0 Å². The maximum absolute atomic E-state index is 13.1. The summed E-state index contributed by atoms with van der Waals surface area (Å²) < 4.78 is 0. The van der Waals surface area contributed by atoms with E-state index in [9.17, 15) is 14.8 Å². The minimum Gasteiger partial charge on any atom is -0.423 e. The highest BCUT2D eigenvalue weighted by atomic mass is 16.4. The van der Waals surface area contributed by atoms with Gasteiger partial charge in [-0.15, -0.1) is 0 Å². The number of hydrogen-bond acceptors (Lipinski definition) is 5. The van der Waals surface area contributed by atoms with Crippen LogP contribution in [-0.2, 0) is 24.3 Å². The molecule has 7 heteroatoms. The molecule has 1 atom stereocenters. The average Bonchev–Trinajstić information content (AvgIpc) is 2.78. The molecule has 0 saturated carbocycles. The zero-order valence-corrected chi connectivity index (χ0v) is 16.6. The smallest absolute Gasteiger partial charge is 0.423 e. The number of piperidine rings is 1. The lowest BCUT2D eigenvalue weighted by Gasteiger charge is -2.36. The highest BCUT2D eigenvalue weighted by Crippen LogP contribution is 2.29. The molecule has 5 N–H and O–H groups in total. The van der Waals surface area contributed by atoms with Crippen molar-refractivity contribution >= 4 is 18.5 Å². The molecule has 2 aromatic carbocycles. The Kier molecular flexibility index (Phi) is 6.01. The Hall–Kier alpha value is -2.19. The predicted molar refractivity (Wildman–Crippen MR) is 113 cm³/mol. The van der Waals surface area contributed by atoms with E-state index in [1.807, 2.05) is 11.0 Å². The molecule has 0 bridgehead atoms. The maximum atomic E-state index is 13.1. The summed E-state index contributed by atoms with van der Waals surface area (Å²) in [5, 5.41) is 22.2. The third-order valence-corrected chi connectivity index (χ3v) is 6.25. The number of amides is 1. The van der Waals surface area contributed by atoms with E-state index in [-0.39, 0.29) is 11.9 Å². The van der Waals surface area contributed by atoms with Gasteiger partial charge in [0.25, 0.3) is 0 Å². The van der Waals surface area contributed by atoms with Gasteiger partial charge in [0.1, 0.15) is 0 Å². The molecule has 4 rings (SSSR count). The van der Waals surface area contributed by atoms with Gasteiger partial charge in [0, 0.05) is 26.2 Å². The van der Waals surface area contributed by atoms with Gasteiger partial charge in [0.2, 0.25) is 5.91 Å². The van der Waals surface area contributed by atoms with Crippen molar-refractivity contribution in [3.63, 3.8) is 0 Å². The molecule has 0 spiro atoms. The molecule has 0 radical (unpaired) electrons. The zero-order chi connectivity index (χ0) is 20.4.